The molecular formula is C20H29ClN2O3S2. The van der Waals surface area contributed by atoms with Crippen molar-refractivity contribution in [2.24, 2.45) is 5.92 Å². The molecule has 3 rings (SSSR count). The number of nitrogens with one attached hydrogen (secondary N) is 1. The van der Waals surface area contributed by atoms with Crippen LogP contribution in [-0.2, 0) is 20.6 Å². The van der Waals surface area contributed by atoms with Gasteiger partial charge in [-0.05, 0) is 43.4 Å². The van der Waals surface area contributed by atoms with Gasteiger partial charge < -0.3 is 5.32 Å². The number of amides is 1. The molecule has 5 nitrogen and oxygen atoms in total. The number of halogens is 1. The van der Waals surface area contributed by atoms with E-state index in [4.69, 9.17) is 11.6 Å². The molecule has 1 aromatic carbocycles. The molecule has 0 unspecified atom stereocenters. The van der Waals surface area contributed by atoms with E-state index in [-0.39, 0.29) is 17.6 Å². The Morgan fingerprint density at radius 1 is 1.11 bits per heavy atom. The summed E-state index contributed by atoms with van der Waals surface area (Å²) in [4.78, 5) is 12.4. The number of hydrogen-bond donors (Lipinski definition) is 1. The monoisotopic (exact) mass is 444 g/mol. The largest absolute Gasteiger partial charge is 0.355 e. The Hall–Kier alpha value is -0.760. The van der Waals surface area contributed by atoms with Crippen molar-refractivity contribution in [2.45, 2.75) is 49.5 Å². The number of thioether (sulfide) groups is 1. The van der Waals surface area contributed by atoms with E-state index >= 15 is 0 Å². The van der Waals surface area contributed by atoms with Gasteiger partial charge in [0.25, 0.3) is 0 Å². The molecule has 8 heteroatoms. The van der Waals surface area contributed by atoms with Crippen LogP contribution in [0.25, 0.3) is 0 Å². The number of piperidine rings is 1. The molecular weight excluding hydrogens is 416 g/mol. The topological polar surface area (TPSA) is 66.5 Å². The van der Waals surface area contributed by atoms with E-state index in [2.05, 4.69) is 5.32 Å². The highest BCUT2D eigenvalue weighted by atomic mass is 35.5. The molecule has 28 heavy (non-hydrogen) atoms. The van der Waals surface area contributed by atoms with Crippen LogP contribution in [0.2, 0.25) is 5.02 Å². The maximum atomic E-state index is 12.6. The van der Waals surface area contributed by atoms with Crippen LogP contribution in [0.15, 0.2) is 24.3 Å². The fourth-order valence-corrected chi connectivity index (χ4v) is 6.79. The second-order valence-electron chi connectivity index (χ2n) is 7.62. The lowest BCUT2D eigenvalue weighted by Gasteiger charge is -2.30. The average Bonchev–Trinajstić information content (AvgIpc) is 3.20. The van der Waals surface area contributed by atoms with E-state index < -0.39 is 10.0 Å². The van der Waals surface area contributed by atoms with Gasteiger partial charge in [0.2, 0.25) is 15.9 Å². The summed E-state index contributed by atoms with van der Waals surface area (Å²) < 4.78 is 26.8. The Labute approximate surface area is 177 Å². The second kappa shape index (κ2) is 10.3. The van der Waals surface area contributed by atoms with Gasteiger partial charge in [-0.25, -0.2) is 12.7 Å². The third-order valence-corrected chi connectivity index (χ3v) is 9.02. The summed E-state index contributed by atoms with van der Waals surface area (Å²) >= 11 is 7.82. The van der Waals surface area contributed by atoms with E-state index in [0.717, 1.165) is 16.6 Å². The number of benzene rings is 1. The molecule has 156 valence electrons. The minimum Gasteiger partial charge on any atom is -0.355 e. The van der Waals surface area contributed by atoms with Crippen molar-refractivity contribution in [3.8, 4) is 0 Å². The zero-order valence-corrected chi connectivity index (χ0v) is 18.5. The van der Waals surface area contributed by atoms with Crippen molar-refractivity contribution in [3.05, 3.63) is 34.9 Å². The predicted molar refractivity (Wildman–Crippen MR) is 116 cm³/mol. The Morgan fingerprint density at radius 2 is 1.75 bits per heavy atom. The molecule has 1 aliphatic heterocycles. The fourth-order valence-electron chi connectivity index (χ4n) is 3.88. The van der Waals surface area contributed by atoms with Gasteiger partial charge in [-0.1, -0.05) is 36.6 Å². The maximum Gasteiger partial charge on any atom is 0.223 e. The van der Waals surface area contributed by atoms with Crippen molar-refractivity contribution >= 4 is 39.3 Å². The Bertz CT molecular complexity index is 741. The van der Waals surface area contributed by atoms with Crippen molar-refractivity contribution in [1.29, 1.82) is 0 Å². The van der Waals surface area contributed by atoms with Gasteiger partial charge in [0.15, 0.2) is 0 Å². The minimum absolute atomic E-state index is 0.0284. The summed E-state index contributed by atoms with van der Waals surface area (Å²) in [5.41, 5.74) is 0.726. The first kappa shape index (κ1) is 21.9. The highest BCUT2D eigenvalue weighted by molar-refractivity contribution is 7.99. The smallest absolute Gasteiger partial charge is 0.223 e. The van der Waals surface area contributed by atoms with Crippen molar-refractivity contribution in [1.82, 2.24) is 9.62 Å². The van der Waals surface area contributed by atoms with Gasteiger partial charge in [0.05, 0.1) is 5.75 Å². The lowest BCUT2D eigenvalue weighted by molar-refractivity contribution is -0.125. The summed E-state index contributed by atoms with van der Waals surface area (Å²) in [6.07, 6.45) is 6.46. The zero-order chi connectivity index (χ0) is 20.0. The number of sulfonamides is 1. The van der Waals surface area contributed by atoms with Gasteiger partial charge in [-0.15, -0.1) is 0 Å². The molecule has 1 saturated heterocycles. The van der Waals surface area contributed by atoms with Gasteiger partial charge in [-0.3, -0.25) is 4.79 Å². The first-order chi connectivity index (χ1) is 13.4. The van der Waals surface area contributed by atoms with Crippen LogP contribution >= 0.6 is 23.4 Å². The van der Waals surface area contributed by atoms with E-state index in [9.17, 15) is 13.2 Å². The normalized spacial score (nSPS) is 19.8. The Kier molecular flexibility index (Phi) is 8.09. The predicted octanol–water partition coefficient (Wildman–Crippen LogP) is 3.67. The standard InChI is InChI=1S/C20H29ClN2O3S2/c21-18-7-5-16(6-8-18)15-28(25,26)23-12-9-17(10-13-23)20(24)22-11-14-27-19-3-1-2-4-19/h5-8,17,19H,1-4,9-15H2,(H,22,24). The van der Waals surface area contributed by atoms with Crippen molar-refractivity contribution < 1.29 is 13.2 Å². The Morgan fingerprint density at radius 3 is 2.39 bits per heavy atom. The van der Waals surface area contributed by atoms with Gasteiger partial charge in [-0.2, -0.15) is 11.8 Å². The van der Waals surface area contributed by atoms with Crippen molar-refractivity contribution in [3.63, 3.8) is 0 Å². The van der Waals surface area contributed by atoms with Crippen LogP contribution in [0.1, 0.15) is 44.1 Å². The average molecular weight is 445 g/mol. The van der Waals surface area contributed by atoms with Crippen LogP contribution in [0.3, 0.4) is 0 Å². The van der Waals surface area contributed by atoms with Crippen LogP contribution < -0.4 is 5.32 Å². The second-order valence-corrected chi connectivity index (χ2v) is 11.4. The summed E-state index contributed by atoms with van der Waals surface area (Å²) in [6.45, 7) is 1.52. The highest BCUT2D eigenvalue weighted by Crippen LogP contribution is 2.29. The third-order valence-electron chi connectivity index (χ3n) is 5.54. The van der Waals surface area contributed by atoms with Gasteiger partial charge in [0.1, 0.15) is 0 Å². The first-order valence-corrected chi connectivity index (χ1v) is 13.1. The molecule has 0 aromatic heterocycles. The minimum atomic E-state index is -3.37. The summed E-state index contributed by atoms with van der Waals surface area (Å²) in [5, 5.41) is 4.40. The lowest BCUT2D eigenvalue weighted by Crippen LogP contribution is -2.43. The summed E-state index contributed by atoms with van der Waals surface area (Å²) in [6, 6.07) is 6.88. The number of nitrogens with zero attached hydrogens (tertiary/aromatic N) is 1. The Balaban J connectivity index is 1.39. The molecule has 1 N–H and O–H groups in total. The van der Waals surface area contributed by atoms with Gasteiger partial charge >= 0.3 is 0 Å². The van der Waals surface area contributed by atoms with Crippen LogP contribution in [-0.4, -0.2) is 49.3 Å². The van der Waals surface area contributed by atoms with Crippen LogP contribution in [0.5, 0.6) is 0 Å². The van der Waals surface area contributed by atoms with Crippen LogP contribution in [0.4, 0.5) is 0 Å². The first-order valence-electron chi connectivity index (χ1n) is 10.1. The molecule has 1 amide bonds. The molecule has 0 bridgehead atoms. The van der Waals surface area contributed by atoms with E-state index in [1.165, 1.54) is 30.0 Å². The molecule has 0 atom stereocenters. The molecule has 1 aliphatic carbocycles. The third kappa shape index (κ3) is 6.37. The summed E-state index contributed by atoms with van der Waals surface area (Å²) in [7, 11) is -3.37. The number of carbonyl (C=O) groups is 1. The zero-order valence-electron chi connectivity index (χ0n) is 16.1. The number of hydrogen-bond acceptors (Lipinski definition) is 4. The molecule has 2 fully saturated rings. The number of rotatable bonds is 8. The SMILES string of the molecule is O=C(NCCSC1CCCC1)C1CCN(S(=O)(=O)Cc2ccc(Cl)cc2)CC1. The van der Waals surface area contributed by atoms with Gasteiger partial charge in [0, 0.05) is 41.6 Å². The number of carbonyl (C=O) groups excluding carboxylic acids is 1. The quantitative estimate of drug-likeness (QED) is 0.621. The molecule has 2 aliphatic rings. The molecule has 0 radical (unpaired) electrons. The van der Waals surface area contributed by atoms with Crippen molar-refractivity contribution in [2.75, 3.05) is 25.4 Å². The van der Waals surface area contributed by atoms with Crippen LogP contribution in [0, 0.1) is 5.92 Å². The fraction of sp³-hybridized carbons (Fsp3) is 0.650. The molecule has 1 aromatic rings. The highest BCUT2D eigenvalue weighted by Gasteiger charge is 2.31. The lowest BCUT2D eigenvalue weighted by atomic mass is 9.97. The maximum absolute atomic E-state index is 12.6. The molecule has 1 saturated carbocycles. The summed E-state index contributed by atoms with van der Waals surface area (Å²) in [5.74, 6) is 0.921. The van der Waals surface area contributed by atoms with E-state index in [1.807, 2.05) is 11.8 Å². The molecule has 0 spiro atoms. The van der Waals surface area contributed by atoms with E-state index in [1.54, 1.807) is 24.3 Å². The van der Waals surface area contributed by atoms with E-state index in [0.29, 0.717) is 37.5 Å². The molecule has 1 heterocycles.